The molecule has 0 unspecified atom stereocenters. The maximum Gasteiger partial charge on any atom is 0.407 e. The number of piperazine rings is 1. The van der Waals surface area contributed by atoms with Gasteiger partial charge in [0.2, 0.25) is 5.91 Å². The molecular weight excluding hydrogens is 370 g/mol. The fraction of sp³-hybridized carbons (Fsp3) is 0.591. The zero-order valence-electron chi connectivity index (χ0n) is 18.2. The van der Waals surface area contributed by atoms with E-state index in [0.717, 1.165) is 0 Å². The second-order valence-electron chi connectivity index (χ2n) is 8.63. The Balaban J connectivity index is 1.75. The fourth-order valence-electron chi connectivity index (χ4n) is 3.10. The summed E-state index contributed by atoms with van der Waals surface area (Å²) in [4.78, 5) is 40.2. The number of rotatable bonds is 5. The summed E-state index contributed by atoms with van der Waals surface area (Å²) in [6.07, 6.45) is -0.312. The summed E-state index contributed by atoms with van der Waals surface area (Å²) in [5.74, 6) is 0.395. The maximum absolute atomic E-state index is 12.7. The number of benzene rings is 1. The third-order valence-electron chi connectivity index (χ3n) is 4.75. The summed E-state index contributed by atoms with van der Waals surface area (Å²) in [5.41, 5.74) is 1.32. The van der Waals surface area contributed by atoms with Crippen LogP contribution in [0.1, 0.15) is 62.9 Å². The lowest BCUT2D eigenvalue weighted by molar-refractivity contribution is -0.132. The van der Waals surface area contributed by atoms with E-state index in [9.17, 15) is 14.4 Å². The van der Waals surface area contributed by atoms with Crippen LogP contribution >= 0.6 is 0 Å². The van der Waals surface area contributed by atoms with Gasteiger partial charge < -0.3 is 19.9 Å². The van der Waals surface area contributed by atoms with E-state index in [1.165, 1.54) is 5.56 Å². The average Bonchev–Trinajstić information content (AvgIpc) is 2.66. The van der Waals surface area contributed by atoms with Gasteiger partial charge in [0, 0.05) is 44.7 Å². The Bertz CT molecular complexity index is 715. The number of ether oxygens (including phenoxy) is 1. The van der Waals surface area contributed by atoms with Crippen molar-refractivity contribution < 1.29 is 19.1 Å². The molecule has 1 fully saturated rings. The molecular formula is C22H33N3O4. The first kappa shape index (κ1) is 22.7. The third-order valence-corrected chi connectivity index (χ3v) is 4.75. The topological polar surface area (TPSA) is 79.0 Å². The van der Waals surface area contributed by atoms with E-state index in [-0.39, 0.29) is 24.8 Å². The average molecular weight is 404 g/mol. The lowest BCUT2D eigenvalue weighted by atomic mass is 10.0. The number of hydrogen-bond acceptors (Lipinski definition) is 4. The molecule has 1 aromatic rings. The lowest BCUT2D eigenvalue weighted by Crippen LogP contribution is -2.51. The first-order valence-corrected chi connectivity index (χ1v) is 10.2. The predicted molar refractivity (Wildman–Crippen MR) is 112 cm³/mol. The highest BCUT2D eigenvalue weighted by Gasteiger charge is 2.25. The third kappa shape index (κ3) is 7.07. The Kier molecular flexibility index (Phi) is 7.65. The molecule has 0 spiro atoms. The smallest absolute Gasteiger partial charge is 0.407 e. The Hall–Kier alpha value is -2.57. The molecule has 2 rings (SSSR count). The van der Waals surface area contributed by atoms with E-state index in [4.69, 9.17) is 4.74 Å². The van der Waals surface area contributed by atoms with Crippen molar-refractivity contribution in [2.45, 2.75) is 52.6 Å². The minimum atomic E-state index is -0.563. The van der Waals surface area contributed by atoms with Crippen molar-refractivity contribution in [1.82, 2.24) is 15.1 Å². The van der Waals surface area contributed by atoms with Gasteiger partial charge in [0.15, 0.2) is 0 Å². The molecule has 1 N–H and O–H groups in total. The second kappa shape index (κ2) is 9.76. The van der Waals surface area contributed by atoms with Crippen molar-refractivity contribution in [2.75, 3.05) is 32.7 Å². The number of nitrogens with zero attached hydrogens (tertiary/aromatic N) is 2. The van der Waals surface area contributed by atoms with Gasteiger partial charge in [0.1, 0.15) is 5.60 Å². The summed E-state index contributed by atoms with van der Waals surface area (Å²) in [5, 5.41) is 2.60. The fourth-order valence-corrected chi connectivity index (χ4v) is 3.10. The maximum atomic E-state index is 12.7. The van der Waals surface area contributed by atoms with E-state index >= 15 is 0 Å². The number of nitrogens with one attached hydrogen (secondary N) is 1. The van der Waals surface area contributed by atoms with Crippen LogP contribution < -0.4 is 5.32 Å². The quantitative estimate of drug-likeness (QED) is 0.820. The summed E-state index contributed by atoms with van der Waals surface area (Å²) in [6.45, 7) is 11.9. The van der Waals surface area contributed by atoms with Gasteiger partial charge in [0.25, 0.3) is 5.91 Å². The molecule has 1 aliphatic heterocycles. The van der Waals surface area contributed by atoms with E-state index < -0.39 is 11.7 Å². The molecule has 3 amide bonds. The van der Waals surface area contributed by atoms with E-state index in [0.29, 0.717) is 37.7 Å². The van der Waals surface area contributed by atoms with Crippen LogP contribution in [0.5, 0.6) is 0 Å². The molecule has 29 heavy (non-hydrogen) atoms. The number of carbonyl (C=O) groups is 3. The second-order valence-corrected chi connectivity index (χ2v) is 8.63. The van der Waals surface area contributed by atoms with Crippen molar-refractivity contribution in [3.05, 3.63) is 35.4 Å². The van der Waals surface area contributed by atoms with E-state index in [2.05, 4.69) is 19.2 Å². The highest BCUT2D eigenvalue weighted by molar-refractivity contribution is 5.94. The van der Waals surface area contributed by atoms with Crippen molar-refractivity contribution >= 4 is 17.9 Å². The summed E-state index contributed by atoms with van der Waals surface area (Å²) >= 11 is 0. The number of carbonyl (C=O) groups excluding carboxylic acids is 3. The number of hydrogen-bond donors (Lipinski definition) is 1. The molecule has 0 saturated carbocycles. The molecule has 1 saturated heterocycles. The molecule has 7 heteroatoms. The van der Waals surface area contributed by atoms with Crippen LogP contribution in [0.3, 0.4) is 0 Å². The van der Waals surface area contributed by atoms with Gasteiger partial charge in [-0.25, -0.2) is 4.79 Å². The molecule has 0 bridgehead atoms. The highest BCUT2D eigenvalue weighted by atomic mass is 16.6. The van der Waals surface area contributed by atoms with Gasteiger partial charge in [-0.05, 0) is 44.4 Å². The highest BCUT2D eigenvalue weighted by Crippen LogP contribution is 2.16. The normalized spacial score (nSPS) is 14.7. The van der Waals surface area contributed by atoms with Crippen molar-refractivity contribution in [2.24, 2.45) is 0 Å². The Morgan fingerprint density at radius 3 is 2.07 bits per heavy atom. The summed E-state index contributed by atoms with van der Waals surface area (Å²) in [6, 6.07) is 7.74. The van der Waals surface area contributed by atoms with Crippen LogP contribution in [-0.4, -0.2) is 66.0 Å². The van der Waals surface area contributed by atoms with Gasteiger partial charge in [-0.3, -0.25) is 9.59 Å². The lowest BCUT2D eigenvalue weighted by Gasteiger charge is -2.35. The summed E-state index contributed by atoms with van der Waals surface area (Å²) in [7, 11) is 0. The number of alkyl carbamates (subject to hydrolysis) is 1. The molecule has 0 aromatic heterocycles. The van der Waals surface area contributed by atoms with Crippen LogP contribution in [0.4, 0.5) is 4.79 Å². The van der Waals surface area contributed by atoms with Gasteiger partial charge in [0.05, 0.1) is 0 Å². The zero-order valence-corrected chi connectivity index (χ0v) is 18.2. The Morgan fingerprint density at radius 2 is 1.55 bits per heavy atom. The van der Waals surface area contributed by atoms with Crippen molar-refractivity contribution in [1.29, 1.82) is 0 Å². The zero-order chi connectivity index (χ0) is 21.6. The monoisotopic (exact) mass is 403 g/mol. The molecule has 7 nitrogen and oxygen atoms in total. The molecule has 160 valence electrons. The predicted octanol–water partition coefficient (Wildman–Crippen LogP) is 3.01. The molecule has 1 aliphatic rings. The molecule has 1 aromatic carbocycles. The largest absolute Gasteiger partial charge is 0.444 e. The van der Waals surface area contributed by atoms with E-state index in [1.54, 1.807) is 30.6 Å². The minimum absolute atomic E-state index is 0.000928. The van der Waals surface area contributed by atoms with Crippen LogP contribution in [-0.2, 0) is 9.53 Å². The molecule has 0 atom stereocenters. The van der Waals surface area contributed by atoms with E-state index in [1.807, 2.05) is 24.3 Å². The van der Waals surface area contributed by atoms with Crippen LogP contribution in [0.2, 0.25) is 0 Å². The standard InChI is InChI=1S/C22H33N3O4/c1-16(2)17-6-8-18(9-7-17)20(27)25-14-12-24(13-15-25)19(26)10-11-23-21(28)29-22(3,4)5/h6-9,16H,10-15H2,1-5H3,(H,23,28). The van der Waals surface area contributed by atoms with Crippen LogP contribution in [0.15, 0.2) is 24.3 Å². The Labute approximate surface area is 173 Å². The van der Waals surface area contributed by atoms with Gasteiger partial charge in [-0.1, -0.05) is 26.0 Å². The Morgan fingerprint density at radius 1 is 1.00 bits per heavy atom. The van der Waals surface area contributed by atoms with Gasteiger partial charge >= 0.3 is 6.09 Å². The van der Waals surface area contributed by atoms with Crippen LogP contribution in [0.25, 0.3) is 0 Å². The molecule has 0 radical (unpaired) electrons. The van der Waals surface area contributed by atoms with Crippen molar-refractivity contribution in [3.8, 4) is 0 Å². The number of amides is 3. The summed E-state index contributed by atoms with van der Waals surface area (Å²) < 4.78 is 5.15. The van der Waals surface area contributed by atoms with Crippen molar-refractivity contribution in [3.63, 3.8) is 0 Å². The SMILES string of the molecule is CC(C)c1ccc(C(=O)N2CCN(C(=O)CCNC(=O)OC(C)(C)C)CC2)cc1. The molecule has 0 aliphatic carbocycles. The van der Waals surface area contributed by atoms with Crippen LogP contribution in [0, 0.1) is 0 Å². The molecule has 1 heterocycles. The first-order chi connectivity index (χ1) is 13.6. The minimum Gasteiger partial charge on any atom is -0.444 e. The van der Waals surface area contributed by atoms with Gasteiger partial charge in [-0.15, -0.1) is 0 Å². The van der Waals surface area contributed by atoms with Gasteiger partial charge in [-0.2, -0.15) is 0 Å². The first-order valence-electron chi connectivity index (χ1n) is 10.2.